The largest absolute Gasteiger partial charge is 0.294 e. The van der Waals surface area contributed by atoms with Crippen LogP contribution in [0.4, 0.5) is 5.95 Å². The fourth-order valence-electron chi connectivity index (χ4n) is 3.35. The summed E-state index contributed by atoms with van der Waals surface area (Å²) in [4.78, 5) is 20.4. The van der Waals surface area contributed by atoms with E-state index in [-0.39, 0.29) is 11.8 Å². The fraction of sp³-hybridized carbons (Fsp3) is 0.615. The molecule has 0 saturated heterocycles. The first-order valence-electron chi connectivity index (χ1n) is 6.44. The molecule has 5 heteroatoms. The van der Waals surface area contributed by atoms with Gasteiger partial charge in [0.25, 0.3) is 0 Å². The van der Waals surface area contributed by atoms with E-state index < -0.39 is 0 Å². The van der Waals surface area contributed by atoms with Gasteiger partial charge in [-0.3, -0.25) is 10.1 Å². The van der Waals surface area contributed by atoms with Gasteiger partial charge in [0.05, 0.1) is 0 Å². The van der Waals surface area contributed by atoms with E-state index in [2.05, 4.69) is 15.3 Å². The van der Waals surface area contributed by atoms with E-state index in [1.165, 1.54) is 19.3 Å². The van der Waals surface area contributed by atoms with Gasteiger partial charge in [0.2, 0.25) is 11.9 Å². The molecule has 2 aliphatic rings. The Morgan fingerprint density at radius 2 is 2.22 bits per heavy atom. The summed E-state index contributed by atoms with van der Waals surface area (Å²) in [5, 5.41) is 3.17. The number of anilines is 1. The maximum Gasteiger partial charge on any atom is 0.231 e. The molecule has 3 unspecified atom stereocenters. The van der Waals surface area contributed by atoms with Crippen LogP contribution in [0.15, 0.2) is 6.07 Å². The molecule has 0 spiro atoms. The maximum atomic E-state index is 12.2. The summed E-state index contributed by atoms with van der Waals surface area (Å²) in [6.07, 6.45) is 4.73. The topological polar surface area (TPSA) is 54.9 Å². The van der Waals surface area contributed by atoms with Gasteiger partial charge in [0.1, 0.15) is 5.15 Å². The van der Waals surface area contributed by atoms with Gasteiger partial charge >= 0.3 is 0 Å². The Morgan fingerprint density at radius 1 is 1.39 bits per heavy atom. The number of amides is 1. The Hall–Kier alpha value is -1.16. The molecule has 2 saturated carbocycles. The summed E-state index contributed by atoms with van der Waals surface area (Å²) in [7, 11) is 0. The van der Waals surface area contributed by atoms with E-state index in [1.54, 1.807) is 6.07 Å². The summed E-state index contributed by atoms with van der Waals surface area (Å²) >= 11 is 5.85. The van der Waals surface area contributed by atoms with Crippen LogP contribution in [-0.2, 0) is 4.79 Å². The van der Waals surface area contributed by atoms with Gasteiger partial charge in [0.15, 0.2) is 0 Å². The number of halogens is 1. The predicted octanol–water partition coefficient (Wildman–Crippen LogP) is 2.81. The number of hydrogen-bond donors (Lipinski definition) is 1. The van der Waals surface area contributed by atoms with Crippen molar-refractivity contribution in [1.29, 1.82) is 0 Å². The number of nitrogens with zero attached hydrogens (tertiary/aromatic N) is 2. The van der Waals surface area contributed by atoms with Crippen molar-refractivity contribution < 1.29 is 4.79 Å². The second-order valence-corrected chi connectivity index (χ2v) is 5.81. The fourth-order valence-corrected chi connectivity index (χ4v) is 3.59. The van der Waals surface area contributed by atoms with E-state index in [9.17, 15) is 4.79 Å². The second-order valence-electron chi connectivity index (χ2n) is 5.43. The second kappa shape index (κ2) is 4.50. The number of carbonyl (C=O) groups is 1. The molecule has 2 aliphatic carbocycles. The van der Waals surface area contributed by atoms with Crippen LogP contribution in [0.1, 0.15) is 31.4 Å². The molecule has 0 aliphatic heterocycles. The Balaban J connectivity index is 1.70. The van der Waals surface area contributed by atoms with Gasteiger partial charge in [0, 0.05) is 11.6 Å². The molecule has 2 bridgehead atoms. The van der Waals surface area contributed by atoms with Crippen LogP contribution in [0, 0.1) is 24.7 Å². The monoisotopic (exact) mass is 265 g/mol. The number of nitrogens with one attached hydrogen (secondary N) is 1. The van der Waals surface area contributed by atoms with Crippen LogP contribution in [-0.4, -0.2) is 15.9 Å². The smallest absolute Gasteiger partial charge is 0.231 e. The zero-order valence-electron chi connectivity index (χ0n) is 10.3. The van der Waals surface area contributed by atoms with E-state index in [4.69, 9.17) is 11.6 Å². The van der Waals surface area contributed by atoms with Crippen molar-refractivity contribution >= 4 is 23.5 Å². The lowest BCUT2D eigenvalue weighted by atomic mass is 9.88. The van der Waals surface area contributed by atoms with Crippen LogP contribution in [0.5, 0.6) is 0 Å². The van der Waals surface area contributed by atoms with Gasteiger partial charge < -0.3 is 0 Å². The number of fused-ring (bicyclic) bond motifs is 2. The molecule has 0 aromatic carbocycles. The molecule has 4 nitrogen and oxygen atoms in total. The van der Waals surface area contributed by atoms with Gasteiger partial charge in [-0.1, -0.05) is 18.0 Å². The van der Waals surface area contributed by atoms with Gasteiger partial charge in [-0.15, -0.1) is 0 Å². The molecule has 1 heterocycles. The molecule has 1 aromatic rings. The highest BCUT2D eigenvalue weighted by molar-refractivity contribution is 6.29. The van der Waals surface area contributed by atoms with Gasteiger partial charge in [-0.05, 0) is 44.1 Å². The Bertz CT molecular complexity index is 471. The third kappa shape index (κ3) is 2.21. The van der Waals surface area contributed by atoms with Crippen LogP contribution >= 0.6 is 11.6 Å². The van der Waals surface area contributed by atoms with Crippen molar-refractivity contribution in [3.63, 3.8) is 0 Å². The molecule has 1 aromatic heterocycles. The first kappa shape index (κ1) is 11.9. The summed E-state index contributed by atoms with van der Waals surface area (Å²) < 4.78 is 0. The third-order valence-corrected chi connectivity index (χ3v) is 4.33. The summed E-state index contributed by atoms with van der Waals surface area (Å²) in [6, 6.07) is 1.68. The van der Waals surface area contributed by atoms with Crippen molar-refractivity contribution in [2.24, 2.45) is 17.8 Å². The molecule has 1 N–H and O–H groups in total. The minimum absolute atomic E-state index is 0.0591. The van der Waals surface area contributed by atoms with E-state index >= 15 is 0 Å². The first-order chi connectivity index (χ1) is 8.61. The van der Waals surface area contributed by atoms with E-state index in [0.29, 0.717) is 17.0 Å². The predicted molar refractivity (Wildman–Crippen MR) is 69.3 cm³/mol. The quantitative estimate of drug-likeness (QED) is 0.837. The molecule has 0 radical (unpaired) electrons. The zero-order chi connectivity index (χ0) is 12.7. The van der Waals surface area contributed by atoms with Gasteiger partial charge in [-0.2, -0.15) is 0 Å². The van der Waals surface area contributed by atoms with Crippen LogP contribution < -0.4 is 5.32 Å². The van der Waals surface area contributed by atoms with Crippen LogP contribution in [0.2, 0.25) is 5.15 Å². The Kier molecular flexibility index (Phi) is 2.98. The third-order valence-electron chi connectivity index (χ3n) is 4.13. The number of rotatable bonds is 2. The summed E-state index contributed by atoms with van der Waals surface area (Å²) in [5.74, 6) is 1.85. The number of aromatic nitrogens is 2. The molecule has 1 amide bonds. The highest BCUT2D eigenvalue weighted by Crippen LogP contribution is 2.48. The summed E-state index contributed by atoms with van der Waals surface area (Å²) in [6.45, 7) is 1.83. The average Bonchev–Trinajstić information content (AvgIpc) is 2.88. The highest BCUT2D eigenvalue weighted by atomic mass is 35.5. The Morgan fingerprint density at radius 3 is 2.83 bits per heavy atom. The molecular formula is C13H16ClN3O. The van der Waals surface area contributed by atoms with E-state index in [1.807, 2.05) is 6.92 Å². The SMILES string of the molecule is Cc1cc(Cl)nc(NC(=O)C2CC3CCC2C3)n1. The molecule has 3 atom stereocenters. The van der Waals surface area contributed by atoms with E-state index in [0.717, 1.165) is 18.0 Å². The molecule has 96 valence electrons. The van der Waals surface area contributed by atoms with Crippen molar-refractivity contribution in [1.82, 2.24) is 9.97 Å². The van der Waals surface area contributed by atoms with Crippen LogP contribution in [0.3, 0.4) is 0 Å². The maximum absolute atomic E-state index is 12.2. The zero-order valence-corrected chi connectivity index (χ0v) is 11.1. The number of aryl methyl sites for hydroxylation is 1. The van der Waals surface area contributed by atoms with Crippen molar-refractivity contribution in [2.45, 2.75) is 32.6 Å². The Labute approximate surface area is 111 Å². The number of hydrogen-bond acceptors (Lipinski definition) is 3. The van der Waals surface area contributed by atoms with Crippen molar-refractivity contribution in [3.05, 3.63) is 16.9 Å². The van der Waals surface area contributed by atoms with Crippen molar-refractivity contribution in [3.8, 4) is 0 Å². The summed E-state index contributed by atoms with van der Waals surface area (Å²) in [5.41, 5.74) is 0.762. The van der Waals surface area contributed by atoms with Crippen LogP contribution in [0.25, 0.3) is 0 Å². The minimum Gasteiger partial charge on any atom is -0.294 e. The lowest BCUT2D eigenvalue weighted by molar-refractivity contribution is -0.121. The average molecular weight is 266 g/mol. The molecule has 3 rings (SSSR count). The lowest BCUT2D eigenvalue weighted by Gasteiger charge is -2.20. The van der Waals surface area contributed by atoms with Crippen molar-refractivity contribution in [2.75, 3.05) is 5.32 Å². The molecule has 2 fully saturated rings. The molecule has 18 heavy (non-hydrogen) atoms. The lowest BCUT2D eigenvalue weighted by Crippen LogP contribution is -2.28. The standard InChI is InChI=1S/C13H16ClN3O/c1-7-4-11(14)16-13(15-7)17-12(18)10-6-8-2-3-9(10)5-8/h4,8-10H,2-3,5-6H2,1H3,(H,15,16,17,18). The molecular weight excluding hydrogens is 250 g/mol. The highest BCUT2D eigenvalue weighted by Gasteiger charge is 2.43. The normalized spacial score (nSPS) is 29.6. The minimum atomic E-state index is 0.0591. The number of carbonyl (C=O) groups excluding carboxylic acids is 1. The van der Waals surface area contributed by atoms with Gasteiger partial charge in [-0.25, -0.2) is 9.97 Å². The first-order valence-corrected chi connectivity index (χ1v) is 6.81.